The molecule has 6 nitrogen and oxygen atoms in total. The van der Waals surface area contributed by atoms with E-state index in [1.165, 1.54) is 0 Å². The molecule has 0 aromatic heterocycles. The standard InChI is InChI=1S/2C11H24N2.2CHO.Ru/c2*1-6-9-12-10(7-2)13-11(4,5)8-3;2*1-2;/h2*10H,6-9H2,1-5H3;2*1H;/q2*-2;2*-1;+6. The van der Waals surface area contributed by atoms with Crippen molar-refractivity contribution in [2.75, 3.05) is 13.1 Å². The van der Waals surface area contributed by atoms with Crippen LogP contribution >= 0.6 is 0 Å². The van der Waals surface area contributed by atoms with Crippen molar-refractivity contribution in [3.05, 3.63) is 21.3 Å². The van der Waals surface area contributed by atoms with Crippen molar-refractivity contribution in [3.8, 4) is 0 Å². The molecular weight excluding hydrogens is 477 g/mol. The second kappa shape index (κ2) is 27.8. The normalized spacial score (nSPS) is 12.5. The Labute approximate surface area is 208 Å². The van der Waals surface area contributed by atoms with Crippen molar-refractivity contribution in [3.63, 3.8) is 0 Å². The Balaban J connectivity index is -0.000000122. The van der Waals surface area contributed by atoms with E-state index < -0.39 is 0 Å². The maximum absolute atomic E-state index is 7.75. The Bertz CT molecular complexity index is 314. The van der Waals surface area contributed by atoms with Crippen LogP contribution in [0.5, 0.6) is 0 Å². The van der Waals surface area contributed by atoms with Gasteiger partial charge in [-0.25, -0.2) is 12.3 Å². The van der Waals surface area contributed by atoms with Gasteiger partial charge >= 0.3 is 19.5 Å². The molecule has 0 saturated carbocycles. The minimum atomic E-state index is 0. The largest absolute Gasteiger partial charge is 6.00 e. The summed E-state index contributed by atoms with van der Waals surface area (Å²) in [5.74, 6) is 0. The van der Waals surface area contributed by atoms with Crippen LogP contribution in [0.15, 0.2) is 0 Å². The predicted octanol–water partition coefficient (Wildman–Crippen LogP) is 7.59. The topological polar surface area (TPSA) is 90.5 Å². The molecule has 0 N–H and O–H groups in total. The summed E-state index contributed by atoms with van der Waals surface area (Å²) in [4.78, 5) is 15.5. The van der Waals surface area contributed by atoms with Gasteiger partial charge in [0, 0.05) is 0 Å². The third kappa shape index (κ3) is 29.8. The quantitative estimate of drug-likeness (QED) is 0.132. The van der Waals surface area contributed by atoms with E-state index in [-0.39, 0.29) is 42.9 Å². The van der Waals surface area contributed by atoms with E-state index in [9.17, 15) is 0 Å². The first kappa shape index (κ1) is 41.1. The first-order valence-electron chi connectivity index (χ1n) is 11.4. The predicted molar refractivity (Wildman–Crippen MR) is 134 cm³/mol. The number of hydrogen-bond donors (Lipinski definition) is 0. The molecule has 0 spiro atoms. The van der Waals surface area contributed by atoms with Gasteiger partial charge < -0.3 is 30.9 Å². The van der Waals surface area contributed by atoms with Gasteiger partial charge in [0.25, 0.3) is 0 Å². The summed E-state index contributed by atoms with van der Waals surface area (Å²) in [5, 5.41) is 18.5. The summed E-state index contributed by atoms with van der Waals surface area (Å²) in [6.45, 7) is 30.1. The molecule has 0 rings (SSSR count). The fourth-order valence-corrected chi connectivity index (χ4v) is 2.07. The minimum Gasteiger partial charge on any atom is -0.678 e. The van der Waals surface area contributed by atoms with E-state index in [4.69, 9.17) is 20.2 Å². The summed E-state index contributed by atoms with van der Waals surface area (Å²) in [6, 6.07) is 0. The Morgan fingerprint density at radius 1 is 0.613 bits per heavy atom. The maximum Gasteiger partial charge on any atom is 6.00 e. The van der Waals surface area contributed by atoms with Crippen molar-refractivity contribution < 1.29 is 29.1 Å². The molecule has 0 aromatic rings. The zero-order valence-corrected chi connectivity index (χ0v) is 23.7. The van der Waals surface area contributed by atoms with Gasteiger partial charge in [0.05, 0.1) is 0 Å². The van der Waals surface area contributed by atoms with Gasteiger partial charge in [0.2, 0.25) is 0 Å². The molecule has 2 atom stereocenters. The number of nitrogens with zero attached hydrogens (tertiary/aromatic N) is 4. The second-order valence-corrected chi connectivity index (χ2v) is 8.18. The fraction of sp³-hybridized carbons (Fsp3) is 0.917. The van der Waals surface area contributed by atoms with Gasteiger partial charge in [-0.05, 0) is 0 Å². The summed E-state index contributed by atoms with van der Waals surface area (Å²) in [5.41, 5.74) is 0.190. The van der Waals surface area contributed by atoms with E-state index in [0.29, 0.717) is 0 Å². The molecule has 0 aliphatic heterocycles. The fourth-order valence-electron chi connectivity index (χ4n) is 2.07. The molecule has 7 heteroatoms. The molecule has 0 aliphatic rings. The summed E-state index contributed by atoms with van der Waals surface area (Å²) >= 11 is 0. The Morgan fingerprint density at radius 3 is 1.03 bits per heavy atom. The van der Waals surface area contributed by atoms with Crippen LogP contribution in [0.1, 0.15) is 108 Å². The molecule has 0 heterocycles. The SMILES string of the molecule is CCC[N-]C(CC)[N-]C(C)(C)CC.CCC[N-]C(CC)[N-]C(C)(C)CC.[CH-]=O.[CH-]=O.[Ru+6]. The molecule has 0 fully saturated rings. The van der Waals surface area contributed by atoms with E-state index in [1.807, 2.05) is 0 Å². The zero-order valence-electron chi connectivity index (χ0n) is 21.9. The monoisotopic (exact) mass is 528 g/mol. The zero-order chi connectivity index (χ0) is 24.6. The van der Waals surface area contributed by atoms with Gasteiger partial charge in [-0.15, -0.1) is 11.1 Å². The van der Waals surface area contributed by atoms with Gasteiger partial charge in [-0.3, -0.25) is 13.6 Å². The summed E-state index contributed by atoms with van der Waals surface area (Å²) in [7, 11) is 0. The van der Waals surface area contributed by atoms with Crippen molar-refractivity contribution in [2.45, 2.75) is 131 Å². The first-order valence-corrected chi connectivity index (χ1v) is 11.4. The molecular formula is C24H50N4O2Ru. The number of rotatable bonds is 14. The smallest absolute Gasteiger partial charge is 0.678 e. The van der Waals surface area contributed by atoms with E-state index >= 15 is 0 Å². The van der Waals surface area contributed by atoms with Crippen molar-refractivity contribution in [1.82, 2.24) is 0 Å². The molecule has 0 radical (unpaired) electrons. The first-order chi connectivity index (χ1) is 14.1. The van der Waals surface area contributed by atoms with E-state index in [1.54, 1.807) is 0 Å². The average molecular weight is 528 g/mol. The van der Waals surface area contributed by atoms with E-state index in [0.717, 1.165) is 51.6 Å². The third-order valence-corrected chi connectivity index (χ3v) is 4.58. The van der Waals surface area contributed by atoms with Crippen LogP contribution in [0.25, 0.3) is 21.3 Å². The van der Waals surface area contributed by atoms with Gasteiger partial charge in [0.1, 0.15) is 0 Å². The maximum atomic E-state index is 7.75. The minimum absolute atomic E-state index is 0. The molecule has 0 saturated heterocycles. The van der Waals surface area contributed by atoms with Crippen LogP contribution in [0.2, 0.25) is 0 Å². The summed E-state index contributed by atoms with van der Waals surface area (Å²) < 4.78 is 0. The van der Waals surface area contributed by atoms with Crippen LogP contribution < -0.4 is 0 Å². The average Bonchev–Trinajstić information content (AvgIpc) is 2.77. The molecule has 0 amide bonds. The third-order valence-electron chi connectivity index (χ3n) is 4.58. The van der Waals surface area contributed by atoms with Crippen LogP contribution in [-0.4, -0.2) is 50.1 Å². The van der Waals surface area contributed by atoms with Crippen molar-refractivity contribution in [2.24, 2.45) is 0 Å². The molecule has 0 aliphatic carbocycles. The Morgan fingerprint density at radius 2 is 0.871 bits per heavy atom. The second-order valence-electron chi connectivity index (χ2n) is 8.18. The Hall–Kier alpha value is -0.197. The molecule has 0 bridgehead atoms. The molecule has 2 unspecified atom stereocenters. The summed E-state index contributed by atoms with van der Waals surface area (Å²) in [6.07, 6.45) is 6.92. The van der Waals surface area contributed by atoms with Crippen molar-refractivity contribution in [1.29, 1.82) is 0 Å². The van der Waals surface area contributed by atoms with Crippen LogP contribution in [0.4, 0.5) is 0 Å². The van der Waals surface area contributed by atoms with Crippen LogP contribution in [0, 0.1) is 0 Å². The molecule has 31 heavy (non-hydrogen) atoms. The van der Waals surface area contributed by atoms with E-state index in [2.05, 4.69) is 93.4 Å². The number of hydrogen-bond acceptors (Lipinski definition) is 2. The van der Waals surface area contributed by atoms with Crippen molar-refractivity contribution >= 4 is 13.6 Å². The van der Waals surface area contributed by atoms with Crippen LogP contribution in [-0.2, 0) is 29.1 Å². The van der Waals surface area contributed by atoms with Gasteiger partial charge in [-0.1, -0.05) is 108 Å². The molecule has 0 aromatic carbocycles. The van der Waals surface area contributed by atoms with Gasteiger partial charge in [-0.2, -0.15) is 13.1 Å². The van der Waals surface area contributed by atoms with Crippen LogP contribution in [0.3, 0.4) is 0 Å². The number of carbonyl (C=O) groups excluding carboxylic acids is 2. The van der Waals surface area contributed by atoms with Gasteiger partial charge in [0.15, 0.2) is 0 Å². The Kier molecular flexibility index (Phi) is 36.9. The molecule has 186 valence electrons.